The monoisotopic (exact) mass is 256 g/mol. The maximum Gasteiger partial charge on any atom is 0.329 e. The number of amides is 3. The second-order valence-corrected chi connectivity index (χ2v) is 4.38. The minimum atomic E-state index is -0.441. The zero-order valence-electron chi connectivity index (χ0n) is 10.4. The van der Waals surface area contributed by atoms with E-state index in [2.05, 4.69) is 15.3 Å². The number of aryl methyl sites for hydroxylation is 1. The number of hydrogen-bond donors (Lipinski definition) is 1. The third kappa shape index (κ3) is 2.01. The summed E-state index contributed by atoms with van der Waals surface area (Å²) in [6.07, 6.45) is 0.277. The Balaban J connectivity index is 2.07. The number of rotatable bonds is 1. The third-order valence-corrected chi connectivity index (χ3v) is 3.03. The fraction of sp³-hybridized carbons (Fsp3) is 0.231. The third-order valence-electron chi connectivity index (χ3n) is 3.03. The number of nitrogens with one attached hydrogen (secondary N) is 1. The number of hydrogen-bond acceptors (Lipinski definition) is 4. The molecular weight excluding hydrogens is 244 g/mol. The molecule has 1 N–H and O–H groups in total. The average Bonchev–Trinajstić information content (AvgIpc) is 2.38. The first-order valence-electron chi connectivity index (χ1n) is 6.00. The number of aromatic nitrogens is 2. The molecule has 0 bridgehead atoms. The van der Waals surface area contributed by atoms with Crippen molar-refractivity contribution in [1.29, 1.82) is 0 Å². The number of urea groups is 1. The van der Waals surface area contributed by atoms with Crippen LogP contribution in [0, 0.1) is 6.92 Å². The van der Waals surface area contributed by atoms with Gasteiger partial charge in [0.2, 0.25) is 5.91 Å². The summed E-state index contributed by atoms with van der Waals surface area (Å²) in [6.45, 7) is 2.14. The number of benzene rings is 1. The summed E-state index contributed by atoms with van der Waals surface area (Å²) >= 11 is 0. The molecule has 1 fully saturated rings. The lowest BCUT2D eigenvalue weighted by atomic mass is 10.2. The Morgan fingerprint density at radius 1 is 1.16 bits per heavy atom. The van der Waals surface area contributed by atoms with Gasteiger partial charge in [-0.3, -0.25) is 15.0 Å². The van der Waals surface area contributed by atoms with Crippen molar-refractivity contribution < 1.29 is 9.59 Å². The maximum absolute atomic E-state index is 11.8. The van der Waals surface area contributed by atoms with Gasteiger partial charge in [0.15, 0.2) is 5.82 Å². The van der Waals surface area contributed by atoms with E-state index in [1.165, 1.54) is 4.90 Å². The lowest BCUT2D eigenvalue weighted by Crippen LogP contribution is -2.50. The first-order chi connectivity index (χ1) is 9.15. The van der Waals surface area contributed by atoms with E-state index >= 15 is 0 Å². The van der Waals surface area contributed by atoms with Crippen molar-refractivity contribution in [1.82, 2.24) is 15.3 Å². The van der Waals surface area contributed by atoms with Gasteiger partial charge in [0.05, 0.1) is 16.7 Å². The van der Waals surface area contributed by atoms with E-state index in [1.54, 1.807) is 6.92 Å². The Labute approximate surface area is 109 Å². The minimum absolute atomic E-state index is 0.257. The van der Waals surface area contributed by atoms with Crippen LogP contribution in [0.25, 0.3) is 11.0 Å². The SMILES string of the molecule is Cc1nc2ccccc2nc1N1CCC(=O)NC1=O. The van der Waals surface area contributed by atoms with E-state index in [0.29, 0.717) is 18.1 Å². The van der Waals surface area contributed by atoms with Gasteiger partial charge in [-0.05, 0) is 19.1 Å². The number of nitrogens with zero attached hydrogens (tertiary/aromatic N) is 3. The lowest BCUT2D eigenvalue weighted by molar-refractivity contribution is -0.120. The molecule has 0 atom stereocenters. The topological polar surface area (TPSA) is 75.2 Å². The molecule has 0 radical (unpaired) electrons. The van der Waals surface area contributed by atoms with Crippen LogP contribution in [0.4, 0.5) is 10.6 Å². The van der Waals surface area contributed by atoms with Crippen molar-refractivity contribution in [3.8, 4) is 0 Å². The summed E-state index contributed by atoms with van der Waals surface area (Å²) in [5.41, 5.74) is 2.19. The Kier molecular flexibility index (Phi) is 2.63. The van der Waals surface area contributed by atoms with Crippen LogP contribution in [0.5, 0.6) is 0 Å². The number of fused-ring (bicyclic) bond motifs is 1. The van der Waals surface area contributed by atoms with Gasteiger partial charge < -0.3 is 0 Å². The second-order valence-electron chi connectivity index (χ2n) is 4.38. The molecule has 3 amide bonds. The molecule has 0 unspecified atom stereocenters. The predicted octanol–water partition coefficient (Wildman–Crippen LogP) is 1.38. The Hall–Kier alpha value is -2.50. The summed E-state index contributed by atoms with van der Waals surface area (Å²) in [4.78, 5) is 33.3. The Morgan fingerprint density at radius 3 is 2.53 bits per heavy atom. The fourth-order valence-corrected chi connectivity index (χ4v) is 2.10. The van der Waals surface area contributed by atoms with Crippen LogP contribution in [-0.4, -0.2) is 28.5 Å². The van der Waals surface area contributed by atoms with Crippen LogP contribution in [0.3, 0.4) is 0 Å². The number of imide groups is 1. The van der Waals surface area contributed by atoms with Gasteiger partial charge in [-0.15, -0.1) is 0 Å². The van der Waals surface area contributed by atoms with Gasteiger partial charge in [-0.25, -0.2) is 14.8 Å². The van der Waals surface area contributed by atoms with Crippen LogP contribution < -0.4 is 10.2 Å². The first kappa shape index (κ1) is 11.6. The molecule has 1 aliphatic rings. The highest BCUT2D eigenvalue weighted by Gasteiger charge is 2.26. The van der Waals surface area contributed by atoms with E-state index < -0.39 is 6.03 Å². The molecular formula is C13H12N4O2. The molecule has 3 rings (SSSR count). The van der Waals surface area contributed by atoms with Gasteiger partial charge in [0, 0.05) is 13.0 Å². The zero-order valence-corrected chi connectivity index (χ0v) is 10.4. The number of carbonyl (C=O) groups excluding carboxylic acids is 2. The minimum Gasteiger partial charge on any atom is -0.278 e. The largest absolute Gasteiger partial charge is 0.329 e. The first-order valence-corrected chi connectivity index (χ1v) is 6.00. The fourth-order valence-electron chi connectivity index (χ4n) is 2.10. The molecule has 1 aliphatic heterocycles. The van der Waals surface area contributed by atoms with Gasteiger partial charge in [-0.2, -0.15) is 0 Å². The summed E-state index contributed by atoms with van der Waals surface area (Å²) in [5, 5.41) is 2.28. The van der Waals surface area contributed by atoms with E-state index in [1.807, 2.05) is 24.3 Å². The van der Waals surface area contributed by atoms with E-state index in [0.717, 1.165) is 11.0 Å². The van der Waals surface area contributed by atoms with Crippen LogP contribution in [0.15, 0.2) is 24.3 Å². The average molecular weight is 256 g/mol. The molecule has 1 aromatic carbocycles. The van der Waals surface area contributed by atoms with E-state index in [-0.39, 0.29) is 12.3 Å². The molecule has 96 valence electrons. The summed E-state index contributed by atoms with van der Waals surface area (Å²) in [5.74, 6) is 0.247. The van der Waals surface area contributed by atoms with E-state index in [4.69, 9.17) is 0 Å². The van der Waals surface area contributed by atoms with Crippen LogP contribution >= 0.6 is 0 Å². The molecule has 2 heterocycles. The Bertz CT molecular complexity index is 683. The molecule has 0 saturated carbocycles. The second kappa shape index (κ2) is 4.31. The summed E-state index contributed by atoms with van der Waals surface area (Å²) < 4.78 is 0. The molecule has 0 aliphatic carbocycles. The summed E-state index contributed by atoms with van der Waals surface area (Å²) in [6, 6.07) is 7.04. The molecule has 19 heavy (non-hydrogen) atoms. The van der Waals surface area contributed by atoms with Crippen LogP contribution in [-0.2, 0) is 4.79 Å². The number of para-hydroxylation sites is 2. The smallest absolute Gasteiger partial charge is 0.278 e. The summed E-state index contributed by atoms with van der Waals surface area (Å²) in [7, 11) is 0. The number of anilines is 1. The van der Waals surface area contributed by atoms with Crippen LogP contribution in [0.2, 0.25) is 0 Å². The number of carbonyl (C=O) groups is 2. The van der Waals surface area contributed by atoms with Crippen molar-refractivity contribution in [2.24, 2.45) is 0 Å². The zero-order chi connectivity index (χ0) is 13.4. The molecule has 6 heteroatoms. The predicted molar refractivity (Wildman–Crippen MR) is 69.8 cm³/mol. The molecule has 1 aromatic heterocycles. The highest BCUT2D eigenvalue weighted by molar-refractivity contribution is 6.05. The van der Waals surface area contributed by atoms with Gasteiger partial charge in [0.1, 0.15) is 0 Å². The normalized spacial score (nSPS) is 15.7. The molecule has 1 saturated heterocycles. The Morgan fingerprint density at radius 2 is 1.84 bits per heavy atom. The highest BCUT2D eigenvalue weighted by atomic mass is 16.2. The van der Waals surface area contributed by atoms with Gasteiger partial charge in [-0.1, -0.05) is 12.1 Å². The van der Waals surface area contributed by atoms with Gasteiger partial charge >= 0.3 is 6.03 Å². The van der Waals surface area contributed by atoms with E-state index in [9.17, 15) is 9.59 Å². The van der Waals surface area contributed by atoms with Crippen molar-refractivity contribution in [2.45, 2.75) is 13.3 Å². The van der Waals surface area contributed by atoms with Crippen molar-refractivity contribution in [2.75, 3.05) is 11.4 Å². The van der Waals surface area contributed by atoms with Crippen molar-refractivity contribution in [3.63, 3.8) is 0 Å². The lowest BCUT2D eigenvalue weighted by Gasteiger charge is -2.26. The maximum atomic E-state index is 11.8. The molecule has 2 aromatic rings. The quantitative estimate of drug-likeness (QED) is 0.836. The van der Waals surface area contributed by atoms with Crippen LogP contribution in [0.1, 0.15) is 12.1 Å². The highest BCUT2D eigenvalue weighted by Crippen LogP contribution is 2.21. The standard InChI is InChI=1S/C13H12N4O2/c1-8-12(17-7-6-11(18)16-13(17)19)15-10-5-3-2-4-9(10)14-8/h2-5H,6-7H2,1H3,(H,16,18,19). The van der Waals surface area contributed by atoms with Crippen molar-refractivity contribution >= 4 is 28.8 Å². The molecule has 6 nitrogen and oxygen atoms in total. The van der Waals surface area contributed by atoms with Crippen molar-refractivity contribution in [3.05, 3.63) is 30.0 Å². The molecule has 0 spiro atoms. The van der Waals surface area contributed by atoms with Gasteiger partial charge in [0.25, 0.3) is 0 Å².